The molecule has 0 aliphatic rings. The largest absolute Gasteiger partial charge is 0.308 e. The Labute approximate surface area is 113 Å². The van der Waals surface area contributed by atoms with E-state index in [1.54, 1.807) is 0 Å². The van der Waals surface area contributed by atoms with E-state index in [4.69, 9.17) is 0 Å². The van der Waals surface area contributed by atoms with Gasteiger partial charge in [-0.25, -0.2) is 0 Å². The summed E-state index contributed by atoms with van der Waals surface area (Å²) >= 11 is 7.23. The molecular formula is C10H13BrN2O3S. The Morgan fingerprint density at radius 2 is 2.29 bits per heavy atom. The number of thiol groups is 1. The Morgan fingerprint density at radius 3 is 2.76 bits per heavy atom. The number of nitrogens with zero attached hydrogens (tertiary/aromatic N) is 2. The minimum atomic E-state index is -0.512. The highest BCUT2D eigenvalue weighted by Crippen LogP contribution is 2.16. The second-order valence-corrected chi connectivity index (χ2v) is 4.94. The molecule has 1 heterocycles. The molecule has 0 aliphatic carbocycles. The van der Waals surface area contributed by atoms with E-state index in [-0.39, 0.29) is 21.6 Å². The fraction of sp³-hybridized carbons (Fsp3) is 0.500. The lowest BCUT2D eigenvalue weighted by Gasteiger charge is -2.13. The molecule has 0 bridgehead atoms. The molecule has 0 spiro atoms. The van der Waals surface area contributed by atoms with E-state index in [2.05, 4.69) is 28.6 Å². The van der Waals surface area contributed by atoms with Gasteiger partial charge in [0.15, 0.2) is 0 Å². The Hall–Kier alpha value is -0.820. The minimum Gasteiger partial charge on any atom is -0.308 e. The van der Waals surface area contributed by atoms with E-state index in [1.165, 1.54) is 16.8 Å². The van der Waals surface area contributed by atoms with Gasteiger partial charge in [0, 0.05) is 12.6 Å². The summed E-state index contributed by atoms with van der Waals surface area (Å²) in [5.41, 5.74) is -0.346. The Bertz CT molecular complexity index is 471. The molecule has 1 aromatic heterocycles. The Kier molecular flexibility index (Phi) is 5.20. The number of hydrogen-bond donors (Lipinski definition) is 1. The van der Waals surface area contributed by atoms with Crippen molar-refractivity contribution in [2.75, 3.05) is 5.75 Å². The normalized spacial score (nSPS) is 12.4. The van der Waals surface area contributed by atoms with Crippen LogP contribution >= 0.6 is 28.6 Å². The molecule has 7 heteroatoms. The Balaban J connectivity index is 3.14. The lowest BCUT2D eigenvalue weighted by Crippen LogP contribution is -2.25. The van der Waals surface area contributed by atoms with Gasteiger partial charge in [0.25, 0.3) is 11.2 Å². The maximum Gasteiger partial charge on any atom is 0.286 e. The Morgan fingerprint density at radius 1 is 1.65 bits per heavy atom. The summed E-state index contributed by atoms with van der Waals surface area (Å²) in [6.45, 7) is 2.44. The molecule has 0 aromatic carbocycles. The SMILES string of the molecule is CCC(CS)Cn1cc([N+](=O)[O-])cc(Br)c1=O. The molecule has 0 N–H and O–H groups in total. The first-order valence-electron chi connectivity index (χ1n) is 5.14. The fourth-order valence-electron chi connectivity index (χ4n) is 1.41. The molecule has 0 saturated heterocycles. The van der Waals surface area contributed by atoms with Crippen LogP contribution in [0.25, 0.3) is 0 Å². The third kappa shape index (κ3) is 3.57. The van der Waals surface area contributed by atoms with Crippen molar-refractivity contribution in [2.24, 2.45) is 5.92 Å². The van der Waals surface area contributed by atoms with Crippen molar-refractivity contribution in [3.8, 4) is 0 Å². The molecule has 0 amide bonds. The summed E-state index contributed by atoms with van der Waals surface area (Å²) in [4.78, 5) is 22.0. The summed E-state index contributed by atoms with van der Waals surface area (Å²) in [6, 6.07) is 1.22. The quantitative estimate of drug-likeness (QED) is 0.515. The van der Waals surface area contributed by atoms with Crippen LogP contribution in [0.4, 0.5) is 5.69 Å². The van der Waals surface area contributed by atoms with Crippen LogP contribution in [0.3, 0.4) is 0 Å². The van der Waals surface area contributed by atoms with Crippen molar-refractivity contribution in [3.63, 3.8) is 0 Å². The van der Waals surface area contributed by atoms with Crippen molar-refractivity contribution in [2.45, 2.75) is 19.9 Å². The van der Waals surface area contributed by atoms with Gasteiger partial charge in [-0.3, -0.25) is 14.9 Å². The van der Waals surface area contributed by atoms with Gasteiger partial charge in [0.1, 0.15) is 0 Å². The number of pyridine rings is 1. The van der Waals surface area contributed by atoms with Crippen LogP contribution in [0.15, 0.2) is 21.5 Å². The third-order valence-corrected chi connectivity index (χ3v) is 3.61. The van der Waals surface area contributed by atoms with Gasteiger partial charge >= 0.3 is 0 Å². The van der Waals surface area contributed by atoms with Crippen molar-refractivity contribution in [1.29, 1.82) is 0 Å². The van der Waals surface area contributed by atoms with Gasteiger partial charge in [-0.05, 0) is 27.6 Å². The first kappa shape index (κ1) is 14.2. The number of halogens is 1. The molecule has 17 heavy (non-hydrogen) atoms. The smallest absolute Gasteiger partial charge is 0.286 e. The average molecular weight is 321 g/mol. The molecule has 0 fully saturated rings. The van der Waals surface area contributed by atoms with Crippen LogP contribution in [-0.2, 0) is 6.54 Å². The first-order chi connectivity index (χ1) is 7.99. The fourth-order valence-corrected chi connectivity index (χ4v) is 2.25. The summed E-state index contributed by atoms with van der Waals surface area (Å²) in [5.74, 6) is 0.869. The summed E-state index contributed by atoms with van der Waals surface area (Å²) < 4.78 is 1.58. The van der Waals surface area contributed by atoms with Crippen LogP contribution in [-0.4, -0.2) is 15.2 Å². The van der Waals surface area contributed by atoms with E-state index >= 15 is 0 Å². The molecule has 0 saturated carbocycles. The average Bonchev–Trinajstić information content (AvgIpc) is 2.30. The third-order valence-electron chi connectivity index (χ3n) is 2.53. The molecule has 1 rings (SSSR count). The predicted octanol–water partition coefficient (Wildman–Crippen LogP) is 2.48. The van der Waals surface area contributed by atoms with E-state index < -0.39 is 4.92 Å². The topological polar surface area (TPSA) is 65.1 Å². The molecule has 94 valence electrons. The second-order valence-electron chi connectivity index (χ2n) is 3.72. The van der Waals surface area contributed by atoms with Crippen molar-refractivity contribution in [1.82, 2.24) is 4.57 Å². The molecule has 1 aromatic rings. The number of aromatic nitrogens is 1. The molecule has 0 aliphatic heterocycles. The first-order valence-corrected chi connectivity index (χ1v) is 6.57. The van der Waals surface area contributed by atoms with E-state index in [0.29, 0.717) is 12.3 Å². The van der Waals surface area contributed by atoms with Crippen molar-refractivity contribution in [3.05, 3.63) is 37.2 Å². The highest BCUT2D eigenvalue weighted by molar-refractivity contribution is 9.10. The standard InChI is InChI=1S/C10H13BrN2O3S/c1-2-7(6-17)4-12-5-8(13(15)16)3-9(11)10(12)14/h3,5,7,17H,2,4,6H2,1H3. The second kappa shape index (κ2) is 6.20. The number of rotatable bonds is 5. The highest BCUT2D eigenvalue weighted by Gasteiger charge is 2.14. The van der Waals surface area contributed by atoms with Crippen LogP contribution in [0.2, 0.25) is 0 Å². The summed E-state index contributed by atoms with van der Waals surface area (Å²) in [6.07, 6.45) is 2.15. The van der Waals surface area contributed by atoms with Gasteiger partial charge in [-0.1, -0.05) is 13.3 Å². The van der Waals surface area contributed by atoms with Gasteiger partial charge in [0.05, 0.1) is 15.6 Å². The highest BCUT2D eigenvalue weighted by atomic mass is 79.9. The van der Waals surface area contributed by atoms with Gasteiger partial charge in [-0.2, -0.15) is 12.6 Å². The van der Waals surface area contributed by atoms with Crippen LogP contribution in [0.5, 0.6) is 0 Å². The van der Waals surface area contributed by atoms with Crippen LogP contribution in [0, 0.1) is 16.0 Å². The zero-order chi connectivity index (χ0) is 13.0. The van der Waals surface area contributed by atoms with Gasteiger partial charge in [-0.15, -0.1) is 0 Å². The van der Waals surface area contributed by atoms with E-state index in [0.717, 1.165) is 6.42 Å². The van der Waals surface area contributed by atoms with E-state index in [1.807, 2.05) is 6.92 Å². The lowest BCUT2D eigenvalue weighted by atomic mass is 10.1. The number of nitro groups is 1. The van der Waals surface area contributed by atoms with Crippen molar-refractivity contribution >= 4 is 34.2 Å². The van der Waals surface area contributed by atoms with Crippen molar-refractivity contribution < 1.29 is 4.92 Å². The zero-order valence-corrected chi connectivity index (χ0v) is 11.8. The molecule has 1 atom stereocenters. The number of hydrogen-bond acceptors (Lipinski definition) is 4. The summed E-state index contributed by atoms with van der Waals surface area (Å²) in [7, 11) is 0. The zero-order valence-electron chi connectivity index (χ0n) is 9.30. The molecule has 5 nitrogen and oxygen atoms in total. The van der Waals surface area contributed by atoms with Gasteiger partial charge in [0.2, 0.25) is 0 Å². The summed E-state index contributed by atoms with van der Waals surface area (Å²) in [5, 5.41) is 10.7. The maximum absolute atomic E-state index is 11.8. The van der Waals surface area contributed by atoms with Gasteiger partial charge < -0.3 is 4.57 Å². The van der Waals surface area contributed by atoms with E-state index in [9.17, 15) is 14.9 Å². The minimum absolute atomic E-state index is 0.0921. The predicted molar refractivity (Wildman–Crippen MR) is 72.7 cm³/mol. The van der Waals surface area contributed by atoms with Crippen LogP contribution in [0.1, 0.15) is 13.3 Å². The monoisotopic (exact) mass is 320 g/mol. The molecule has 1 unspecified atom stereocenters. The maximum atomic E-state index is 11.8. The molecular weight excluding hydrogens is 308 g/mol. The molecule has 0 radical (unpaired) electrons. The lowest BCUT2D eigenvalue weighted by molar-refractivity contribution is -0.385. The van der Waals surface area contributed by atoms with Crippen LogP contribution < -0.4 is 5.56 Å².